The third-order valence-electron chi connectivity index (χ3n) is 3.50. The molecule has 1 aromatic carbocycles. The van der Waals surface area contributed by atoms with Gasteiger partial charge in [-0.3, -0.25) is 4.79 Å². The van der Waals surface area contributed by atoms with Crippen LogP contribution in [0.2, 0.25) is 0 Å². The summed E-state index contributed by atoms with van der Waals surface area (Å²) in [7, 11) is 0. The number of nitrogens with two attached hydrogens (primary N) is 1. The van der Waals surface area contributed by atoms with Crippen molar-refractivity contribution >= 4 is 35.0 Å². The fraction of sp³-hybridized carbons (Fsp3) is 0.467. The number of hydrogen-bond acceptors (Lipinski definition) is 3. The van der Waals surface area contributed by atoms with Crippen molar-refractivity contribution in [2.75, 3.05) is 25.4 Å². The predicted octanol–water partition coefficient (Wildman–Crippen LogP) is 1.85. The Labute approximate surface area is 135 Å². The molecule has 2 rings (SSSR count). The number of primary amides is 1. The molecule has 114 valence electrons. The highest BCUT2D eigenvalue weighted by Gasteiger charge is 2.25. The highest BCUT2D eigenvalue weighted by molar-refractivity contribution is 7.99. The first-order valence-corrected chi connectivity index (χ1v) is 8.56. The molecule has 0 spiro atoms. The largest absolute Gasteiger partial charge is 0.369 e. The van der Waals surface area contributed by atoms with Crippen molar-refractivity contribution in [3.63, 3.8) is 0 Å². The molecule has 4 nitrogen and oxygen atoms in total. The third-order valence-corrected chi connectivity index (χ3v) is 4.92. The lowest BCUT2D eigenvalue weighted by Gasteiger charge is -2.33. The molecule has 1 heterocycles. The summed E-state index contributed by atoms with van der Waals surface area (Å²) < 4.78 is 0. The Morgan fingerprint density at radius 2 is 2.19 bits per heavy atom. The maximum Gasteiger partial charge on any atom is 0.222 e. The molecule has 21 heavy (non-hydrogen) atoms. The second-order valence-electron chi connectivity index (χ2n) is 5.08. The van der Waals surface area contributed by atoms with E-state index in [1.54, 1.807) is 11.8 Å². The Hall–Kier alpha value is -1.27. The van der Waals surface area contributed by atoms with E-state index in [4.69, 9.17) is 18.0 Å². The van der Waals surface area contributed by atoms with Gasteiger partial charge in [0.2, 0.25) is 5.91 Å². The van der Waals surface area contributed by atoms with Crippen LogP contribution < -0.4 is 11.1 Å². The number of likely N-dealkylation sites (tertiary alicyclic amines) is 1. The average molecular weight is 323 g/mol. The summed E-state index contributed by atoms with van der Waals surface area (Å²) in [5, 5.41) is 4.00. The first kappa shape index (κ1) is 16.1. The van der Waals surface area contributed by atoms with Gasteiger partial charge in [0.05, 0.1) is 5.92 Å². The van der Waals surface area contributed by atoms with Crippen LogP contribution in [0.4, 0.5) is 0 Å². The Balaban J connectivity index is 1.68. The summed E-state index contributed by atoms with van der Waals surface area (Å²) >= 11 is 7.20. The van der Waals surface area contributed by atoms with Gasteiger partial charge in [-0.25, -0.2) is 0 Å². The van der Waals surface area contributed by atoms with E-state index < -0.39 is 0 Å². The number of carbonyl (C=O) groups is 1. The van der Waals surface area contributed by atoms with Gasteiger partial charge in [-0.1, -0.05) is 18.2 Å². The minimum Gasteiger partial charge on any atom is -0.369 e. The average Bonchev–Trinajstić information content (AvgIpc) is 2.52. The van der Waals surface area contributed by atoms with Gasteiger partial charge in [-0.2, -0.15) is 0 Å². The maximum absolute atomic E-state index is 11.3. The lowest BCUT2D eigenvalue weighted by Crippen LogP contribution is -2.48. The maximum atomic E-state index is 11.3. The molecular formula is C15H21N3OS2. The zero-order chi connectivity index (χ0) is 15.1. The summed E-state index contributed by atoms with van der Waals surface area (Å²) in [4.78, 5) is 14.6. The SMILES string of the molecule is NC(=O)C1CCCN(C(=S)NCCSc2ccccc2)C1. The molecule has 0 aromatic heterocycles. The Morgan fingerprint density at radius 1 is 1.43 bits per heavy atom. The summed E-state index contributed by atoms with van der Waals surface area (Å²) in [5.41, 5.74) is 5.38. The van der Waals surface area contributed by atoms with Gasteiger partial charge in [0, 0.05) is 30.3 Å². The van der Waals surface area contributed by atoms with Crippen LogP contribution in [-0.4, -0.2) is 41.3 Å². The topological polar surface area (TPSA) is 58.4 Å². The van der Waals surface area contributed by atoms with E-state index in [2.05, 4.69) is 22.3 Å². The van der Waals surface area contributed by atoms with Crippen LogP contribution in [-0.2, 0) is 4.79 Å². The molecule has 1 aliphatic rings. The van der Waals surface area contributed by atoms with Crippen molar-refractivity contribution in [1.29, 1.82) is 0 Å². The standard InChI is InChI=1S/C15H21N3OS2/c16-14(19)12-5-4-9-18(11-12)15(20)17-8-10-21-13-6-2-1-3-7-13/h1-3,6-7,12H,4-5,8-11H2,(H2,16,19)(H,17,20). The van der Waals surface area contributed by atoms with Crippen molar-refractivity contribution in [2.24, 2.45) is 11.7 Å². The number of amides is 1. The smallest absolute Gasteiger partial charge is 0.222 e. The highest BCUT2D eigenvalue weighted by atomic mass is 32.2. The van der Waals surface area contributed by atoms with Crippen LogP contribution >= 0.6 is 24.0 Å². The number of rotatable bonds is 5. The number of piperidine rings is 1. The fourth-order valence-corrected chi connectivity index (χ4v) is 3.41. The molecule has 1 unspecified atom stereocenters. The zero-order valence-electron chi connectivity index (χ0n) is 12.0. The molecule has 0 radical (unpaired) electrons. The summed E-state index contributed by atoms with van der Waals surface area (Å²) in [5.74, 6) is 0.663. The lowest BCUT2D eigenvalue weighted by molar-refractivity contribution is -0.122. The number of nitrogens with zero attached hydrogens (tertiary/aromatic N) is 1. The van der Waals surface area contributed by atoms with E-state index in [1.165, 1.54) is 4.90 Å². The van der Waals surface area contributed by atoms with Gasteiger partial charge >= 0.3 is 0 Å². The number of nitrogens with one attached hydrogen (secondary N) is 1. The van der Waals surface area contributed by atoms with E-state index in [-0.39, 0.29) is 11.8 Å². The summed E-state index contributed by atoms with van der Waals surface area (Å²) in [6.07, 6.45) is 1.84. The quantitative estimate of drug-likeness (QED) is 0.492. The number of benzene rings is 1. The van der Waals surface area contributed by atoms with E-state index in [1.807, 2.05) is 18.2 Å². The molecule has 6 heteroatoms. The van der Waals surface area contributed by atoms with E-state index >= 15 is 0 Å². The van der Waals surface area contributed by atoms with Crippen LogP contribution in [0.15, 0.2) is 35.2 Å². The molecule has 1 atom stereocenters. The number of thioether (sulfide) groups is 1. The Morgan fingerprint density at radius 3 is 2.90 bits per heavy atom. The molecular weight excluding hydrogens is 302 g/mol. The predicted molar refractivity (Wildman–Crippen MR) is 91.3 cm³/mol. The van der Waals surface area contributed by atoms with Crippen LogP contribution in [0.3, 0.4) is 0 Å². The monoisotopic (exact) mass is 323 g/mol. The first-order valence-electron chi connectivity index (χ1n) is 7.17. The molecule has 1 saturated heterocycles. The van der Waals surface area contributed by atoms with Crippen LogP contribution in [0.1, 0.15) is 12.8 Å². The second kappa shape index (κ2) is 8.24. The normalized spacial score (nSPS) is 18.3. The summed E-state index contributed by atoms with van der Waals surface area (Å²) in [6, 6.07) is 10.3. The van der Waals surface area contributed by atoms with Crippen molar-refractivity contribution in [1.82, 2.24) is 10.2 Å². The van der Waals surface area contributed by atoms with Gasteiger partial charge in [-0.15, -0.1) is 11.8 Å². The van der Waals surface area contributed by atoms with E-state index in [0.717, 1.165) is 36.8 Å². The fourth-order valence-electron chi connectivity index (χ4n) is 2.35. The third kappa shape index (κ3) is 5.21. The van der Waals surface area contributed by atoms with Crippen LogP contribution in [0, 0.1) is 5.92 Å². The second-order valence-corrected chi connectivity index (χ2v) is 6.64. The zero-order valence-corrected chi connectivity index (χ0v) is 13.6. The highest BCUT2D eigenvalue weighted by Crippen LogP contribution is 2.17. The van der Waals surface area contributed by atoms with Gasteiger partial charge < -0.3 is 16.0 Å². The number of carbonyl (C=O) groups excluding carboxylic acids is 1. The molecule has 1 amide bonds. The molecule has 0 aliphatic carbocycles. The summed E-state index contributed by atoms with van der Waals surface area (Å²) in [6.45, 7) is 2.37. The van der Waals surface area contributed by atoms with Crippen LogP contribution in [0.25, 0.3) is 0 Å². The van der Waals surface area contributed by atoms with Crippen LogP contribution in [0.5, 0.6) is 0 Å². The molecule has 1 fully saturated rings. The molecule has 0 bridgehead atoms. The van der Waals surface area contributed by atoms with E-state index in [9.17, 15) is 4.79 Å². The van der Waals surface area contributed by atoms with Gasteiger partial charge in [0.25, 0.3) is 0 Å². The van der Waals surface area contributed by atoms with Crippen molar-refractivity contribution in [3.8, 4) is 0 Å². The minimum atomic E-state index is -0.220. The van der Waals surface area contributed by atoms with Crippen molar-refractivity contribution in [3.05, 3.63) is 30.3 Å². The Kier molecular flexibility index (Phi) is 6.32. The number of thiocarbonyl (C=S) groups is 1. The van der Waals surface area contributed by atoms with Gasteiger partial charge in [-0.05, 0) is 37.2 Å². The molecule has 3 N–H and O–H groups in total. The first-order chi connectivity index (χ1) is 10.2. The van der Waals surface area contributed by atoms with E-state index in [0.29, 0.717) is 6.54 Å². The van der Waals surface area contributed by atoms with Crippen molar-refractivity contribution in [2.45, 2.75) is 17.7 Å². The minimum absolute atomic E-state index is 0.0720. The Bertz CT molecular complexity index is 481. The number of hydrogen-bond donors (Lipinski definition) is 2. The van der Waals surface area contributed by atoms with Crippen molar-refractivity contribution < 1.29 is 4.79 Å². The molecule has 0 saturated carbocycles. The van der Waals surface area contributed by atoms with Gasteiger partial charge in [0.1, 0.15) is 0 Å². The molecule has 1 aliphatic heterocycles. The molecule has 1 aromatic rings. The lowest BCUT2D eigenvalue weighted by atomic mass is 9.98. The van der Waals surface area contributed by atoms with Gasteiger partial charge in [0.15, 0.2) is 5.11 Å².